The van der Waals surface area contributed by atoms with Crippen LogP contribution in [0.3, 0.4) is 0 Å². The number of nitrogens with zero attached hydrogens (tertiary/aromatic N) is 1. The van der Waals surface area contributed by atoms with E-state index < -0.39 is 10.7 Å². The summed E-state index contributed by atoms with van der Waals surface area (Å²) in [7, 11) is 0. The molecule has 0 bridgehead atoms. The molecule has 0 amide bonds. The fraction of sp³-hybridized carbons (Fsp3) is 0.333. The number of hydrogen-bond acceptors (Lipinski definition) is 4. The maximum absolute atomic E-state index is 13.1. The lowest BCUT2D eigenvalue weighted by Gasteiger charge is -2.04. The molecule has 0 aliphatic rings. The summed E-state index contributed by atoms with van der Waals surface area (Å²) in [4.78, 5) is 9.84. The molecule has 0 radical (unpaired) electrons. The lowest BCUT2D eigenvalue weighted by Crippen LogP contribution is -2.18. The lowest BCUT2D eigenvalue weighted by atomic mass is 10.2. The van der Waals surface area contributed by atoms with Crippen molar-refractivity contribution >= 4 is 5.69 Å². The van der Waals surface area contributed by atoms with Gasteiger partial charge in [-0.05, 0) is 6.07 Å². The molecular formula is C9H11FN2O3. The Morgan fingerprint density at radius 1 is 1.53 bits per heavy atom. The van der Waals surface area contributed by atoms with Crippen molar-refractivity contribution in [2.75, 3.05) is 13.2 Å². The van der Waals surface area contributed by atoms with E-state index in [0.29, 0.717) is 6.54 Å². The number of benzene rings is 1. The number of halogens is 1. The van der Waals surface area contributed by atoms with Crippen LogP contribution in [0.2, 0.25) is 0 Å². The minimum Gasteiger partial charge on any atom is -0.395 e. The highest BCUT2D eigenvalue weighted by atomic mass is 19.1. The topological polar surface area (TPSA) is 75.4 Å². The first-order valence-corrected chi connectivity index (χ1v) is 4.39. The number of nitrogens with one attached hydrogen (secondary N) is 1. The Balaban J connectivity index is 2.76. The van der Waals surface area contributed by atoms with Gasteiger partial charge in [0.15, 0.2) is 0 Å². The Bertz CT molecular complexity index is 357. The van der Waals surface area contributed by atoms with Crippen LogP contribution in [0.4, 0.5) is 10.1 Å². The molecule has 1 aromatic rings. The van der Waals surface area contributed by atoms with Crippen molar-refractivity contribution in [3.8, 4) is 0 Å². The van der Waals surface area contributed by atoms with Gasteiger partial charge in [0.05, 0.1) is 11.5 Å². The van der Waals surface area contributed by atoms with E-state index in [1.54, 1.807) is 0 Å². The first-order valence-electron chi connectivity index (χ1n) is 4.39. The molecule has 0 aliphatic carbocycles. The van der Waals surface area contributed by atoms with E-state index in [9.17, 15) is 14.5 Å². The zero-order chi connectivity index (χ0) is 11.3. The number of nitro benzene ring substituents is 1. The van der Waals surface area contributed by atoms with E-state index >= 15 is 0 Å². The second-order valence-corrected chi connectivity index (χ2v) is 2.93. The van der Waals surface area contributed by atoms with Gasteiger partial charge in [0.25, 0.3) is 5.69 Å². The van der Waals surface area contributed by atoms with Crippen LogP contribution in [0.5, 0.6) is 0 Å². The van der Waals surface area contributed by atoms with Gasteiger partial charge in [0.2, 0.25) is 0 Å². The van der Waals surface area contributed by atoms with Crippen molar-refractivity contribution in [3.63, 3.8) is 0 Å². The number of aliphatic hydroxyl groups is 1. The standard InChI is InChI=1S/C9H11FN2O3/c10-9-2-1-8(12(14)15)5-7(9)6-11-3-4-13/h1-2,5,11,13H,3-4,6H2. The average molecular weight is 214 g/mol. The molecule has 82 valence electrons. The third-order valence-electron chi connectivity index (χ3n) is 1.84. The number of aliphatic hydroxyl groups excluding tert-OH is 1. The van der Waals surface area contributed by atoms with Crippen LogP contribution in [-0.2, 0) is 6.54 Å². The molecule has 0 fully saturated rings. The summed E-state index contributed by atoms with van der Waals surface area (Å²) in [5.74, 6) is -0.494. The van der Waals surface area contributed by atoms with Crippen LogP contribution >= 0.6 is 0 Å². The van der Waals surface area contributed by atoms with Crippen LogP contribution in [0.25, 0.3) is 0 Å². The van der Waals surface area contributed by atoms with E-state index in [1.807, 2.05) is 0 Å². The molecule has 0 aromatic heterocycles. The predicted molar refractivity (Wildman–Crippen MR) is 51.8 cm³/mol. The molecule has 0 atom stereocenters. The first-order chi connectivity index (χ1) is 7.15. The van der Waals surface area contributed by atoms with Crippen LogP contribution in [0.1, 0.15) is 5.56 Å². The Labute approximate surface area is 85.7 Å². The SMILES string of the molecule is O=[N+]([O-])c1ccc(F)c(CNCCO)c1. The normalized spacial score (nSPS) is 10.3. The Kier molecular flexibility index (Phi) is 4.14. The van der Waals surface area contributed by atoms with E-state index in [1.165, 1.54) is 6.07 Å². The van der Waals surface area contributed by atoms with Gasteiger partial charge in [-0.2, -0.15) is 0 Å². The highest BCUT2D eigenvalue weighted by Gasteiger charge is 2.09. The van der Waals surface area contributed by atoms with Crippen LogP contribution in [0.15, 0.2) is 18.2 Å². The van der Waals surface area contributed by atoms with E-state index in [2.05, 4.69) is 5.32 Å². The quantitative estimate of drug-likeness (QED) is 0.432. The third kappa shape index (κ3) is 3.26. The minimum atomic E-state index is -0.574. The van der Waals surface area contributed by atoms with Gasteiger partial charge in [-0.15, -0.1) is 0 Å². The van der Waals surface area contributed by atoms with Gasteiger partial charge in [-0.3, -0.25) is 10.1 Å². The largest absolute Gasteiger partial charge is 0.395 e. The van der Waals surface area contributed by atoms with Crippen molar-refractivity contribution in [1.29, 1.82) is 0 Å². The zero-order valence-corrected chi connectivity index (χ0v) is 7.94. The summed E-state index contributed by atoms with van der Waals surface area (Å²) in [6.45, 7) is 0.423. The third-order valence-corrected chi connectivity index (χ3v) is 1.84. The molecule has 0 heterocycles. The highest BCUT2D eigenvalue weighted by Crippen LogP contribution is 2.16. The molecule has 2 N–H and O–H groups in total. The van der Waals surface area contributed by atoms with Crippen LogP contribution in [0, 0.1) is 15.9 Å². The second-order valence-electron chi connectivity index (χ2n) is 2.93. The number of non-ortho nitro benzene ring substituents is 1. The molecular weight excluding hydrogens is 203 g/mol. The van der Waals surface area contributed by atoms with Crippen molar-refractivity contribution in [2.24, 2.45) is 0 Å². The molecule has 6 heteroatoms. The number of hydrogen-bond donors (Lipinski definition) is 2. The highest BCUT2D eigenvalue weighted by molar-refractivity contribution is 5.35. The van der Waals surface area contributed by atoms with Crippen molar-refractivity contribution < 1.29 is 14.4 Å². The smallest absolute Gasteiger partial charge is 0.269 e. The summed E-state index contributed by atoms with van der Waals surface area (Å²) in [6, 6.07) is 3.36. The minimum absolute atomic E-state index is 0.0590. The molecule has 15 heavy (non-hydrogen) atoms. The monoisotopic (exact) mass is 214 g/mol. The zero-order valence-electron chi connectivity index (χ0n) is 7.94. The second kappa shape index (κ2) is 5.38. The molecule has 1 rings (SSSR count). The van der Waals surface area contributed by atoms with Gasteiger partial charge in [-0.25, -0.2) is 4.39 Å². The molecule has 1 aromatic carbocycles. The van der Waals surface area contributed by atoms with Gasteiger partial charge in [0, 0.05) is 30.8 Å². The molecule has 0 saturated heterocycles. The summed E-state index contributed by atoms with van der Waals surface area (Å²) >= 11 is 0. The molecule has 5 nitrogen and oxygen atoms in total. The van der Waals surface area contributed by atoms with E-state index in [4.69, 9.17) is 5.11 Å². The summed E-state index contributed by atoms with van der Waals surface area (Å²) in [5.41, 5.74) is 0.0786. The molecule has 0 aliphatic heterocycles. The van der Waals surface area contributed by atoms with E-state index in [0.717, 1.165) is 12.1 Å². The molecule has 0 unspecified atom stereocenters. The number of nitro groups is 1. The summed E-state index contributed by atoms with van der Waals surface area (Å²) in [6.07, 6.45) is 0. The van der Waals surface area contributed by atoms with Gasteiger partial charge in [-0.1, -0.05) is 0 Å². The van der Waals surface area contributed by atoms with Crippen molar-refractivity contribution in [2.45, 2.75) is 6.54 Å². The van der Waals surface area contributed by atoms with Crippen molar-refractivity contribution in [3.05, 3.63) is 39.7 Å². The van der Waals surface area contributed by atoms with Crippen LogP contribution in [-0.4, -0.2) is 23.2 Å². The summed E-state index contributed by atoms with van der Waals surface area (Å²) < 4.78 is 13.1. The van der Waals surface area contributed by atoms with Gasteiger partial charge >= 0.3 is 0 Å². The molecule has 0 spiro atoms. The first kappa shape index (κ1) is 11.5. The van der Waals surface area contributed by atoms with E-state index in [-0.39, 0.29) is 24.4 Å². The fourth-order valence-electron chi connectivity index (χ4n) is 1.11. The maximum Gasteiger partial charge on any atom is 0.269 e. The number of rotatable bonds is 5. The summed E-state index contributed by atoms with van der Waals surface area (Å²) in [5, 5.41) is 21.7. The molecule has 0 saturated carbocycles. The average Bonchev–Trinajstić information content (AvgIpc) is 2.20. The van der Waals surface area contributed by atoms with Crippen molar-refractivity contribution in [1.82, 2.24) is 5.32 Å². The van der Waals surface area contributed by atoms with Gasteiger partial charge in [0.1, 0.15) is 5.82 Å². The fourth-order valence-corrected chi connectivity index (χ4v) is 1.11. The predicted octanol–water partition coefficient (Wildman–Crippen LogP) is 0.816. The Morgan fingerprint density at radius 2 is 2.27 bits per heavy atom. The Hall–Kier alpha value is -1.53. The lowest BCUT2D eigenvalue weighted by molar-refractivity contribution is -0.385. The van der Waals surface area contributed by atoms with Gasteiger partial charge < -0.3 is 10.4 Å². The maximum atomic E-state index is 13.1. The Morgan fingerprint density at radius 3 is 2.87 bits per heavy atom. The van der Waals surface area contributed by atoms with Crippen LogP contribution < -0.4 is 5.32 Å².